The number of rotatable bonds is 6. The number of benzene rings is 1. The minimum atomic E-state index is 0.0382. The van der Waals surface area contributed by atoms with Crippen molar-refractivity contribution in [2.24, 2.45) is 0 Å². The van der Waals surface area contributed by atoms with Crippen LogP contribution in [0.15, 0.2) is 30.3 Å². The van der Waals surface area contributed by atoms with Crippen LogP contribution >= 0.6 is 11.5 Å². The van der Waals surface area contributed by atoms with Crippen molar-refractivity contribution in [2.45, 2.75) is 26.3 Å². The summed E-state index contributed by atoms with van der Waals surface area (Å²) in [6, 6.07) is 10.0. The maximum atomic E-state index is 11.6. The SMILES string of the molecule is CC(C)NC(=O)CCNc1snc(N)c1-c1ccccc1. The number of nitrogen functional groups attached to an aromatic ring is 1. The van der Waals surface area contributed by atoms with Crippen molar-refractivity contribution in [3.05, 3.63) is 30.3 Å². The van der Waals surface area contributed by atoms with Crippen molar-refractivity contribution in [1.29, 1.82) is 0 Å². The summed E-state index contributed by atoms with van der Waals surface area (Å²) in [5.74, 6) is 0.552. The first-order valence-electron chi connectivity index (χ1n) is 6.91. The highest BCUT2D eigenvalue weighted by atomic mass is 32.1. The first-order valence-corrected chi connectivity index (χ1v) is 7.69. The van der Waals surface area contributed by atoms with Gasteiger partial charge in [0.05, 0.1) is 5.56 Å². The van der Waals surface area contributed by atoms with Crippen LogP contribution in [0.3, 0.4) is 0 Å². The Labute approximate surface area is 128 Å². The lowest BCUT2D eigenvalue weighted by atomic mass is 10.1. The molecule has 21 heavy (non-hydrogen) atoms. The van der Waals surface area contributed by atoms with E-state index in [1.807, 2.05) is 44.2 Å². The third kappa shape index (κ3) is 4.19. The number of nitrogens with zero attached hydrogens (tertiary/aromatic N) is 1. The van der Waals surface area contributed by atoms with Gasteiger partial charge in [-0.15, -0.1) is 0 Å². The van der Waals surface area contributed by atoms with Crippen molar-refractivity contribution in [3.63, 3.8) is 0 Å². The Morgan fingerprint density at radius 3 is 2.71 bits per heavy atom. The average Bonchev–Trinajstić information content (AvgIpc) is 2.80. The number of carbonyl (C=O) groups excluding carboxylic acids is 1. The Bertz CT molecular complexity index is 595. The lowest BCUT2D eigenvalue weighted by Gasteiger charge is -2.09. The molecule has 0 saturated heterocycles. The molecule has 1 aromatic carbocycles. The topological polar surface area (TPSA) is 80.0 Å². The zero-order chi connectivity index (χ0) is 15.2. The van der Waals surface area contributed by atoms with Gasteiger partial charge in [-0.05, 0) is 30.9 Å². The summed E-state index contributed by atoms with van der Waals surface area (Å²) in [6.07, 6.45) is 0.421. The molecule has 112 valence electrons. The van der Waals surface area contributed by atoms with Crippen LogP contribution in [0.4, 0.5) is 10.8 Å². The Morgan fingerprint density at radius 2 is 2.05 bits per heavy atom. The van der Waals surface area contributed by atoms with Crippen LogP contribution in [0.2, 0.25) is 0 Å². The van der Waals surface area contributed by atoms with Gasteiger partial charge in [-0.1, -0.05) is 30.3 Å². The zero-order valence-electron chi connectivity index (χ0n) is 12.2. The molecule has 0 spiro atoms. The van der Waals surface area contributed by atoms with Crippen LogP contribution in [0.1, 0.15) is 20.3 Å². The van der Waals surface area contributed by atoms with Crippen molar-refractivity contribution in [1.82, 2.24) is 9.69 Å². The van der Waals surface area contributed by atoms with Crippen LogP contribution in [0, 0.1) is 0 Å². The molecule has 5 nitrogen and oxygen atoms in total. The number of nitrogens with one attached hydrogen (secondary N) is 2. The fourth-order valence-electron chi connectivity index (χ4n) is 1.99. The van der Waals surface area contributed by atoms with Gasteiger partial charge >= 0.3 is 0 Å². The average molecular weight is 304 g/mol. The van der Waals surface area contributed by atoms with E-state index in [1.54, 1.807) is 0 Å². The van der Waals surface area contributed by atoms with Gasteiger partial charge in [0.25, 0.3) is 0 Å². The molecule has 2 aromatic rings. The monoisotopic (exact) mass is 304 g/mol. The molecule has 0 bridgehead atoms. The molecule has 0 atom stereocenters. The Balaban J connectivity index is 2.01. The molecule has 0 unspecified atom stereocenters. The zero-order valence-corrected chi connectivity index (χ0v) is 13.0. The summed E-state index contributed by atoms with van der Waals surface area (Å²) in [7, 11) is 0. The number of aromatic nitrogens is 1. The van der Waals surface area contributed by atoms with Gasteiger partial charge in [0.2, 0.25) is 5.91 Å². The molecular formula is C15H20N4OS. The van der Waals surface area contributed by atoms with Gasteiger partial charge in [0.15, 0.2) is 0 Å². The summed E-state index contributed by atoms with van der Waals surface area (Å²) in [6.45, 7) is 4.45. The molecule has 0 fully saturated rings. The van der Waals surface area contributed by atoms with Crippen LogP contribution in [-0.4, -0.2) is 22.9 Å². The Hall–Kier alpha value is -2.08. The van der Waals surface area contributed by atoms with E-state index in [0.717, 1.165) is 16.1 Å². The number of hydrogen-bond acceptors (Lipinski definition) is 5. The maximum absolute atomic E-state index is 11.6. The summed E-state index contributed by atoms with van der Waals surface area (Å²) in [5, 5.41) is 7.02. The molecular weight excluding hydrogens is 284 g/mol. The van der Waals surface area contributed by atoms with Gasteiger partial charge in [0, 0.05) is 19.0 Å². The van der Waals surface area contributed by atoms with E-state index in [2.05, 4.69) is 15.0 Å². The van der Waals surface area contributed by atoms with E-state index in [1.165, 1.54) is 11.5 Å². The molecule has 2 rings (SSSR count). The van der Waals surface area contributed by atoms with Crippen molar-refractivity contribution >= 4 is 28.3 Å². The van der Waals surface area contributed by atoms with Crippen molar-refractivity contribution in [2.75, 3.05) is 17.6 Å². The highest BCUT2D eigenvalue weighted by molar-refractivity contribution is 7.11. The minimum Gasteiger partial charge on any atom is -0.382 e. The lowest BCUT2D eigenvalue weighted by molar-refractivity contribution is -0.121. The highest BCUT2D eigenvalue weighted by Gasteiger charge is 2.13. The van der Waals surface area contributed by atoms with Crippen molar-refractivity contribution < 1.29 is 4.79 Å². The standard InChI is InChI=1S/C15H20N4OS/c1-10(2)18-12(20)8-9-17-15-13(14(16)19-21-15)11-6-4-3-5-7-11/h3-7,10,17H,8-9H2,1-2H3,(H2,16,19)(H,18,20). The van der Waals surface area contributed by atoms with E-state index in [9.17, 15) is 4.79 Å². The number of nitrogens with two attached hydrogens (primary N) is 1. The Kier molecular flexibility index (Phi) is 5.16. The number of hydrogen-bond donors (Lipinski definition) is 3. The maximum Gasteiger partial charge on any atom is 0.221 e. The third-order valence-corrected chi connectivity index (χ3v) is 3.69. The summed E-state index contributed by atoms with van der Waals surface area (Å²) < 4.78 is 4.20. The largest absolute Gasteiger partial charge is 0.382 e. The fourth-order valence-corrected chi connectivity index (χ4v) is 2.75. The number of anilines is 2. The first kappa shape index (κ1) is 15.3. The first-order chi connectivity index (χ1) is 10.1. The smallest absolute Gasteiger partial charge is 0.221 e. The van der Waals surface area contributed by atoms with Crippen molar-refractivity contribution in [3.8, 4) is 11.1 Å². The molecule has 4 N–H and O–H groups in total. The molecule has 6 heteroatoms. The normalized spacial score (nSPS) is 10.6. The van der Waals surface area contributed by atoms with E-state index in [4.69, 9.17) is 5.73 Å². The van der Waals surface area contributed by atoms with Crippen LogP contribution in [-0.2, 0) is 4.79 Å². The van der Waals surface area contributed by atoms with E-state index >= 15 is 0 Å². The molecule has 0 aliphatic heterocycles. The second-order valence-corrected chi connectivity index (χ2v) is 5.81. The predicted molar refractivity (Wildman–Crippen MR) is 88.3 cm³/mol. The minimum absolute atomic E-state index is 0.0382. The predicted octanol–water partition coefficient (Wildman–Crippen LogP) is 2.72. The third-order valence-electron chi connectivity index (χ3n) is 2.87. The van der Waals surface area contributed by atoms with E-state index in [-0.39, 0.29) is 11.9 Å². The van der Waals surface area contributed by atoms with Crippen LogP contribution < -0.4 is 16.4 Å². The van der Waals surface area contributed by atoms with Crippen LogP contribution in [0.25, 0.3) is 11.1 Å². The molecule has 1 heterocycles. The van der Waals surface area contributed by atoms with E-state index < -0.39 is 0 Å². The second-order valence-electron chi connectivity index (χ2n) is 5.04. The molecule has 1 aromatic heterocycles. The summed E-state index contributed by atoms with van der Waals surface area (Å²) in [5.41, 5.74) is 7.88. The number of amides is 1. The van der Waals surface area contributed by atoms with Gasteiger partial charge < -0.3 is 16.4 Å². The lowest BCUT2D eigenvalue weighted by Crippen LogP contribution is -2.31. The van der Waals surface area contributed by atoms with Gasteiger partial charge in [-0.2, -0.15) is 4.37 Å². The van der Waals surface area contributed by atoms with E-state index in [0.29, 0.717) is 18.8 Å². The molecule has 0 radical (unpaired) electrons. The second kappa shape index (κ2) is 7.08. The number of carbonyl (C=O) groups is 1. The Morgan fingerprint density at radius 1 is 1.33 bits per heavy atom. The highest BCUT2D eigenvalue weighted by Crippen LogP contribution is 2.36. The molecule has 0 aliphatic carbocycles. The van der Waals surface area contributed by atoms with Gasteiger partial charge in [-0.25, -0.2) is 0 Å². The molecule has 0 saturated carbocycles. The quantitative estimate of drug-likeness (QED) is 0.766. The molecule has 1 amide bonds. The fraction of sp³-hybridized carbons (Fsp3) is 0.333. The van der Waals surface area contributed by atoms with Gasteiger partial charge in [-0.3, -0.25) is 4.79 Å². The molecule has 0 aliphatic rings. The van der Waals surface area contributed by atoms with Gasteiger partial charge in [0.1, 0.15) is 10.8 Å². The summed E-state index contributed by atoms with van der Waals surface area (Å²) in [4.78, 5) is 11.6. The van der Waals surface area contributed by atoms with Crippen LogP contribution in [0.5, 0.6) is 0 Å². The summed E-state index contributed by atoms with van der Waals surface area (Å²) >= 11 is 1.32.